The average Bonchev–Trinajstić information content (AvgIpc) is 2.47. The van der Waals surface area contributed by atoms with Crippen LogP contribution in [0.15, 0.2) is 58.3 Å². The minimum absolute atomic E-state index is 0. The molecule has 0 atom stereocenters. The summed E-state index contributed by atoms with van der Waals surface area (Å²) >= 11 is 0. The van der Waals surface area contributed by atoms with Gasteiger partial charge in [0.2, 0.25) is 9.84 Å². The standard InChI is InChI=1S/C14H16N2O2S.2ClH/c15-9-11-1-5-13(6-2-11)19(17,18)14-7-3-12(10-16)4-8-14;;/h1-8H,9-10,15-16H2;2*1H. The smallest absolute Gasteiger partial charge is 0.206 e. The second-order valence-electron chi connectivity index (χ2n) is 4.20. The van der Waals surface area contributed by atoms with Crippen molar-refractivity contribution in [3.05, 3.63) is 59.7 Å². The molecule has 4 N–H and O–H groups in total. The molecule has 2 aromatic rings. The molecule has 2 aromatic carbocycles. The lowest BCUT2D eigenvalue weighted by Gasteiger charge is -2.06. The fourth-order valence-electron chi connectivity index (χ4n) is 1.75. The minimum atomic E-state index is -3.47. The molecule has 21 heavy (non-hydrogen) atoms. The topological polar surface area (TPSA) is 86.2 Å². The van der Waals surface area contributed by atoms with E-state index in [0.717, 1.165) is 11.1 Å². The lowest BCUT2D eigenvalue weighted by Crippen LogP contribution is -2.04. The monoisotopic (exact) mass is 348 g/mol. The number of rotatable bonds is 4. The lowest BCUT2D eigenvalue weighted by atomic mass is 10.2. The van der Waals surface area contributed by atoms with Crippen molar-refractivity contribution in [1.29, 1.82) is 0 Å². The second kappa shape index (κ2) is 8.36. The van der Waals surface area contributed by atoms with Gasteiger partial charge >= 0.3 is 0 Å². The maximum absolute atomic E-state index is 12.4. The zero-order valence-electron chi connectivity index (χ0n) is 11.2. The number of hydrogen-bond acceptors (Lipinski definition) is 4. The van der Waals surface area contributed by atoms with E-state index in [-0.39, 0.29) is 34.6 Å². The van der Waals surface area contributed by atoms with E-state index in [1.807, 2.05) is 0 Å². The van der Waals surface area contributed by atoms with Gasteiger partial charge in [-0.25, -0.2) is 8.42 Å². The highest BCUT2D eigenvalue weighted by Gasteiger charge is 2.16. The molecule has 0 bridgehead atoms. The summed E-state index contributed by atoms with van der Waals surface area (Å²) in [5.74, 6) is 0. The summed E-state index contributed by atoms with van der Waals surface area (Å²) in [7, 11) is -3.47. The molecule has 116 valence electrons. The molecule has 0 saturated carbocycles. The van der Waals surface area contributed by atoms with Crippen LogP contribution < -0.4 is 11.5 Å². The third kappa shape index (κ3) is 4.43. The SMILES string of the molecule is Cl.Cl.NCc1ccc(S(=O)(=O)c2ccc(CN)cc2)cc1. The Morgan fingerprint density at radius 1 is 0.667 bits per heavy atom. The van der Waals surface area contributed by atoms with Crippen LogP contribution in [-0.2, 0) is 22.9 Å². The molecule has 0 spiro atoms. The van der Waals surface area contributed by atoms with Crippen LogP contribution in [-0.4, -0.2) is 8.42 Å². The number of halogens is 2. The predicted molar refractivity (Wildman–Crippen MR) is 88.6 cm³/mol. The Balaban J connectivity index is 0.00000200. The number of benzene rings is 2. The van der Waals surface area contributed by atoms with Crippen LogP contribution in [0, 0.1) is 0 Å². The Kier molecular flexibility index (Phi) is 7.92. The van der Waals surface area contributed by atoms with Gasteiger partial charge in [-0.15, -0.1) is 24.8 Å². The van der Waals surface area contributed by atoms with E-state index >= 15 is 0 Å². The van der Waals surface area contributed by atoms with Crippen molar-refractivity contribution in [1.82, 2.24) is 0 Å². The summed E-state index contributed by atoms with van der Waals surface area (Å²) in [6.07, 6.45) is 0. The number of nitrogens with two attached hydrogens (primary N) is 2. The van der Waals surface area contributed by atoms with Crippen LogP contribution in [0.1, 0.15) is 11.1 Å². The van der Waals surface area contributed by atoms with Crippen molar-refractivity contribution in [2.24, 2.45) is 11.5 Å². The van der Waals surface area contributed by atoms with Gasteiger partial charge in [0.1, 0.15) is 0 Å². The third-order valence-corrected chi connectivity index (χ3v) is 4.72. The van der Waals surface area contributed by atoms with E-state index in [1.54, 1.807) is 48.5 Å². The van der Waals surface area contributed by atoms with Gasteiger partial charge in [0.25, 0.3) is 0 Å². The van der Waals surface area contributed by atoms with E-state index < -0.39 is 9.84 Å². The molecule has 0 fully saturated rings. The van der Waals surface area contributed by atoms with E-state index in [0.29, 0.717) is 13.1 Å². The highest BCUT2D eigenvalue weighted by atomic mass is 35.5. The van der Waals surface area contributed by atoms with Crippen molar-refractivity contribution in [2.75, 3.05) is 0 Å². The Morgan fingerprint density at radius 3 is 1.19 bits per heavy atom. The fourth-order valence-corrected chi connectivity index (χ4v) is 3.01. The Labute approximate surface area is 137 Å². The van der Waals surface area contributed by atoms with Gasteiger partial charge in [-0.3, -0.25) is 0 Å². The first-order valence-corrected chi connectivity index (χ1v) is 7.39. The van der Waals surface area contributed by atoms with E-state index in [1.165, 1.54) is 0 Å². The Morgan fingerprint density at radius 2 is 0.952 bits per heavy atom. The molecule has 0 heterocycles. The Bertz CT molecular complexity index is 603. The summed E-state index contributed by atoms with van der Waals surface area (Å²) in [5.41, 5.74) is 12.8. The molecule has 0 amide bonds. The molecular formula is C14H18Cl2N2O2S. The van der Waals surface area contributed by atoms with Crippen LogP contribution in [0.5, 0.6) is 0 Å². The molecule has 0 aliphatic carbocycles. The molecule has 4 nitrogen and oxygen atoms in total. The molecule has 0 unspecified atom stereocenters. The molecule has 0 radical (unpaired) electrons. The fraction of sp³-hybridized carbons (Fsp3) is 0.143. The zero-order chi connectivity index (χ0) is 13.9. The van der Waals surface area contributed by atoms with Crippen molar-refractivity contribution in [3.8, 4) is 0 Å². The molecule has 0 aromatic heterocycles. The number of sulfone groups is 1. The van der Waals surface area contributed by atoms with Crippen molar-refractivity contribution >= 4 is 34.7 Å². The normalized spacial score (nSPS) is 10.4. The molecule has 0 aliphatic heterocycles. The molecule has 2 rings (SSSR count). The predicted octanol–water partition coefficient (Wildman–Crippen LogP) is 2.28. The zero-order valence-corrected chi connectivity index (χ0v) is 13.7. The van der Waals surface area contributed by atoms with Crippen LogP contribution in [0.2, 0.25) is 0 Å². The van der Waals surface area contributed by atoms with Gasteiger partial charge in [0, 0.05) is 13.1 Å². The summed E-state index contributed by atoms with van der Waals surface area (Å²) in [6.45, 7) is 0.789. The highest BCUT2D eigenvalue weighted by Crippen LogP contribution is 2.21. The maximum Gasteiger partial charge on any atom is 0.206 e. The van der Waals surface area contributed by atoms with Crippen molar-refractivity contribution < 1.29 is 8.42 Å². The third-order valence-electron chi connectivity index (χ3n) is 2.94. The van der Waals surface area contributed by atoms with Crippen molar-refractivity contribution in [2.45, 2.75) is 22.9 Å². The molecule has 0 saturated heterocycles. The summed E-state index contributed by atoms with van der Waals surface area (Å²) < 4.78 is 24.7. The second-order valence-corrected chi connectivity index (χ2v) is 6.15. The average molecular weight is 349 g/mol. The first-order chi connectivity index (χ1) is 9.07. The van der Waals surface area contributed by atoms with Gasteiger partial charge in [0.15, 0.2) is 0 Å². The van der Waals surface area contributed by atoms with Gasteiger partial charge < -0.3 is 11.5 Å². The van der Waals surface area contributed by atoms with Crippen LogP contribution >= 0.6 is 24.8 Å². The van der Waals surface area contributed by atoms with Crippen LogP contribution in [0.25, 0.3) is 0 Å². The minimum Gasteiger partial charge on any atom is -0.326 e. The number of hydrogen-bond donors (Lipinski definition) is 2. The van der Waals surface area contributed by atoms with Crippen LogP contribution in [0.4, 0.5) is 0 Å². The first-order valence-electron chi connectivity index (χ1n) is 5.91. The van der Waals surface area contributed by atoms with E-state index in [9.17, 15) is 8.42 Å². The molecular weight excluding hydrogens is 331 g/mol. The highest BCUT2D eigenvalue weighted by molar-refractivity contribution is 7.91. The molecule has 0 aliphatic rings. The summed E-state index contributed by atoms with van der Waals surface area (Å²) in [4.78, 5) is 0.537. The lowest BCUT2D eigenvalue weighted by molar-refractivity contribution is 0.596. The van der Waals surface area contributed by atoms with Gasteiger partial charge in [-0.2, -0.15) is 0 Å². The summed E-state index contributed by atoms with van der Waals surface area (Å²) in [5, 5.41) is 0. The first kappa shape index (κ1) is 19.9. The van der Waals surface area contributed by atoms with E-state index in [2.05, 4.69) is 0 Å². The largest absolute Gasteiger partial charge is 0.326 e. The van der Waals surface area contributed by atoms with Gasteiger partial charge in [0.05, 0.1) is 9.79 Å². The Hall–Kier alpha value is -1.11. The van der Waals surface area contributed by atoms with Gasteiger partial charge in [-0.05, 0) is 35.4 Å². The van der Waals surface area contributed by atoms with Crippen molar-refractivity contribution in [3.63, 3.8) is 0 Å². The van der Waals surface area contributed by atoms with E-state index in [4.69, 9.17) is 11.5 Å². The summed E-state index contributed by atoms with van der Waals surface area (Å²) in [6, 6.07) is 13.2. The van der Waals surface area contributed by atoms with Crippen LogP contribution in [0.3, 0.4) is 0 Å². The quantitative estimate of drug-likeness (QED) is 0.887. The molecule has 7 heteroatoms. The maximum atomic E-state index is 12.4. The van der Waals surface area contributed by atoms with Gasteiger partial charge in [-0.1, -0.05) is 24.3 Å².